The van der Waals surface area contributed by atoms with Crippen molar-refractivity contribution in [3.05, 3.63) is 34.1 Å². The van der Waals surface area contributed by atoms with Gasteiger partial charge in [0, 0.05) is 24.7 Å². The topological polar surface area (TPSA) is 15.3 Å². The fraction of sp³-hybridized carbons (Fsp3) is 0.647. The van der Waals surface area contributed by atoms with Gasteiger partial charge in [0.2, 0.25) is 0 Å². The Hall–Kier alpha value is -0.450. The summed E-state index contributed by atoms with van der Waals surface area (Å²) in [5.74, 6) is -0.191. The second kappa shape index (κ2) is 7.21. The Kier molecular flexibility index (Phi) is 5.81. The zero-order valence-electron chi connectivity index (χ0n) is 13.3. The minimum absolute atomic E-state index is 0.155. The Morgan fingerprint density at radius 2 is 2.10 bits per heavy atom. The maximum atomic E-state index is 13.3. The normalized spacial score (nSPS) is 20.7. The van der Waals surface area contributed by atoms with Crippen molar-refractivity contribution < 1.29 is 4.39 Å². The third-order valence-electron chi connectivity index (χ3n) is 3.99. The van der Waals surface area contributed by atoms with Crippen LogP contribution in [0.15, 0.2) is 22.7 Å². The van der Waals surface area contributed by atoms with Crippen LogP contribution in [0.1, 0.15) is 45.6 Å². The average Bonchev–Trinajstić information content (AvgIpc) is 2.41. The molecule has 1 aliphatic heterocycles. The third kappa shape index (κ3) is 5.35. The number of benzene rings is 1. The molecule has 118 valence electrons. The van der Waals surface area contributed by atoms with Gasteiger partial charge in [0.15, 0.2) is 0 Å². The van der Waals surface area contributed by atoms with E-state index < -0.39 is 0 Å². The highest BCUT2D eigenvalue weighted by atomic mass is 79.9. The quantitative estimate of drug-likeness (QED) is 0.863. The van der Waals surface area contributed by atoms with Crippen molar-refractivity contribution in [2.24, 2.45) is 0 Å². The van der Waals surface area contributed by atoms with Crippen LogP contribution in [0.3, 0.4) is 0 Å². The summed E-state index contributed by atoms with van der Waals surface area (Å²) in [4.78, 5) is 2.53. The monoisotopic (exact) mass is 356 g/mol. The predicted octanol–water partition coefficient (Wildman–Crippen LogP) is 4.33. The van der Waals surface area contributed by atoms with Gasteiger partial charge in [0.1, 0.15) is 5.82 Å². The highest BCUT2D eigenvalue weighted by molar-refractivity contribution is 9.10. The number of hydrogen-bond acceptors (Lipinski definition) is 2. The molecule has 21 heavy (non-hydrogen) atoms. The molecule has 1 fully saturated rings. The second-order valence-corrected chi connectivity index (χ2v) is 7.85. The Morgan fingerprint density at radius 1 is 1.33 bits per heavy atom. The Labute approximate surface area is 136 Å². The van der Waals surface area contributed by atoms with E-state index in [1.54, 1.807) is 6.07 Å². The lowest BCUT2D eigenvalue weighted by Crippen LogP contribution is -2.49. The summed E-state index contributed by atoms with van der Waals surface area (Å²) in [6.07, 6.45) is 3.81. The first-order valence-corrected chi connectivity index (χ1v) is 8.57. The lowest BCUT2D eigenvalue weighted by atomic mass is 9.99. The van der Waals surface area contributed by atoms with Gasteiger partial charge in [-0.05, 0) is 73.8 Å². The van der Waals surface area contributed by atoms with Crippen LogP contribution in [0.5, 0.6) is 0 Å². The lowest BCUT2D eigenvalue weighted by molar-refractivity contribution is 0.131. The van der Waals surface area contributed by atoms with Crippen LogP contribution in [-0.2, 0) is 6.54 Å². The van der Waals surface area contributed by atoms with E-state index >= 15 is 0 Å². The van der Waals surface area contributed by atoms with Gasteiger partial charge in [-0.2, -0.15) is 0 Å². The van der Waals surface area contributed by atoms with E-state index in [-0.39, 0.29) is 11.4 Å². The van der Waals surface area contributed by atoms with Crippen molar-refractivity contribution >= 4 is 15.9 Å². The van der Waals surface area contributed by atoms with Gasteiger partial charge in [-0.1, -0.05) is 12.5 Å². The molecule has 0 aromatic heterocycles. The van der Waals surface area contributed by atoms with Crippen LogP contribution in [0.2, 0.25) is 0 Å². The zero-order valence-corrected chi connectivity index (χ0v) is 14.8. The summed E-state index contributed by atoms with van der Waals surface area (Å²) in [6.45, 7) is 9.67. The van der Waals surface area contributed by atoms with Crippen LogP contribution in [0.4, 0.5) is 4.39 Å². The van der Waals surface area contributed by atoms with Crippen LogP contribution < -0.4 is 5.32 Å². The molecule has 0 saturated carbocycles. The van der Waals surface area contributed by atoms with E-state index in [4.69, 9.17) is 0 Å². The standard InChI is InChI=1S/C17H26BrFN2/c1-17(2,3)20-11-14-6-4-5-9-21(14)12-13-7-8-16(19)15(18)10-13/h7-8,10,14,20H,4-6,9,11-12H2,1-3H3. The Morgan fingerprint density at radius 3 is 2.76 bits per heavy atom. The Balaban J connectivity index is 1.99. The summed E-state index contributed by atoms with van der Waals surface area (Å²) in [5.41, 5.74) is 1.33. The minimum Gasteiger partial charge on any atom is -0.311 e. The van der Waals surface area contributed by atoms with Gasteiger partial charge in [-0.25, -0.2) is 4.39 Å². The summed E-state index contributed by atoms with van der Waals surface area (Å²) in [7, 11) is 0. The van der Waals surface area contributed by atoms with Crippen LogP contribution >= 0.6 is 15.9 Å². The third-order valence-corrected chi connectivity index (χ3v) is 4.59. The molecule has 1 unspecified atom stereocenters. The van der Waals surface area contributed by atoms with E-state index in [1.165, 1.54) is 24.8 Å². The first-order chi connectivity index (χ1) is 9.85. The molecule has 1 saturated heterocycles. The number of nitrogens with zero attached hydrogens (tertiary/aromatic N) is 1. The van der Waals surface area contributed by atoms with Crippen molar-refractivity contribution in [3.8, 4) is 0 Å². The molecule has 1 N–H and O–H groups in total. The molecule has 1 aromatic carbocycles. The molecule has 1 heterocycles. The second-order valence-electron chi connectivity index (χ2n) is 7.00. The zero-order chi connectivity index (χ0) is 15.5. The molecular formula is C17H26BrFN2. The summed E-state index contributed by atoms with van der Waals surface area (Å²) in [5, 5.41) is 3.62. The molecule has 0 amide bonds. The van der Waals surface area contributed by atoms with E-state index in [0.717, 1.165) is 19.6 Å². The summed E-state index contributed by atoms with van der Waals surface area (Å²) in [6, 6.07) is 5.91. The molecule has 0 bridgehead atoms. The van der Waals surface area contributed by atoms with Crippen LogP contribution in [0.25, 0.3) is 0 Å². The summed E-state index contributed by atoms with van der Waals surface area (Å²) < 4.78 is 13.9. The number of rotatable bonds is 4. The fourth-order valence-corrected chi connectivity index (χ4v) is 3.22. The van der Waals surface area contributed by atoms with Gasteiger partial charge >= 0.3 is 0 Å². The molecule has 1 atom stereocenters. The van der Waals surface area contributed by atoms with Gasteiger partial charge in [0.05, 0.1) is 4.47 Å². The maximum absolute atomic E-state index is 13.3. The number of halogens is 2. The molecule has 1 aromatic rings. The lowest BCUT2D eigenvalue weighted by Gasteiger charge is -2.37. The number of piperidine rings is 1. The summed E-state index contributed by atoms with van der Waals surface area (Å²) >= 11 is 3.28. The molecule has 2 nitrogen and oxygen atoms in total. The molecule has 0 spiro atoms. The Bertz CT molecular complexity index is 470. The van der Waals surface area contributed by atoms with E-state index in [9.17, 15) is 4.39 Å². The van der Waals surface area contributed by atoms with Crippen molar-refractivity contribution in [2.45, 2.75) is 58.2 Å². The molecule has 0 radical (unpaired) electrons. The highest BCUT2D eigenvalue weighted by Gasteiger charge is 2.24. The number of nitrogens with one attached hydrogen (secondary N) is 1. The maximum Gasteiger partial charge on any atom is 0.137 e. The fourth-order valence-electron chi connectivity index (χ4n) is 2.80. The molecule has 2 rings (SSSR count). The van der Waals surface area contributed by atoms with Crippen molar-refractivity contribution in [2.75, 3.05) is 13.1 Å². The average molecular weight is 357 g/mol. The first kappa shape index (κ1) is 16.9. The van der Waals surface area contributed by atoms with Crippen molar-refractivity contribution in [1.29, 1.82) is 0 Å². The van der Waals surface area contributed by atoms with E-state index in [2.05, 4.69) is 46.9 Å². The number of likely N-dealkylation sites (tertiary alicyclic amines) is 1. The largest absolute Gasteiger partial charge is 0.311 e. The highest BCUT2D eigenvalue weighted by Crippen LogP contribution is 2.22. The van der Waals surface area contributed by atoms with Gasteiger partial charge in [-0.3, -0.25) is 4.90 Å². The minimum atomic E-state index is -0.191. The van der Waals surface area contributed by atoms with Crippen molar-refractivity contribution in [1.82, 2.24) is 10.2 Å². The van der Waals surface area contributed by atoms with Gasteiger partial charge in [0.25, 0.3) is 0 Å². The molecule has 1 aliphatic rings. The SMILES string of the molecule is CC(C)(C)NCC1CCCCN1Cc1ccc(F)c(Br)c1. The molecular weight excluding hydrogens is 331 g/mol. The van der Waals surface area contributed by atoms with Gasteiger partial charge < -0.3 is 5.32 Å². The van der Waals surface area contributed by atoms with E-state index in [1.807, 2.05) is 12.1 Å². The van der Waals surface area contributed by atoms with Gasteiger partial charge in [-0.15, -0.1) is 0 Å². The molecule has 0 aliphatic carbocycles. The predicted molar refractivity (Wildman–Crippen MR) is 89.9 cm³/mol. The number of hydrogen-bond donors (Lipinski definition) is 1. The molecule has 4 heteroatoms. The first-order valence-electron chi connectivity index (χ1n) is 7.78. The van der Waals surface area contributed by atoms with Crippen LogP contribution in [-0.4, -0.2) is 29.6 Å². The van der Waals surface area contributed by atoms with E-state index in [0.29, 0.717) is 10.5 Å². The van der Waals surface area contributed by atoms with Crippen molar-refractivity contribution in [3.63, 3.8) is 0 Å². The van der Waals surface area contributed by atoms with Crippen LogP contribution in [0, 0.1) is 5.82 Å². The smallest absolute Gasteiger partial charge is 0.137 e.